The SMILES string of the molecule is CCC(C)(C)N(C)C(=O)c1cncc(Br)c1. The molecule has 0 N–H and O–H groups in total. The van der Waals surface area contributed by atoms with Crippen molar-refractivity contribution in [2.45, 2.75) is 32.7 Å². The van der Waals surface area contributed by atoms with E-state index in [0.717, 1.165) is 10.9 Å². The van der Waals surface area contributed by atoms with Gasteiger partial charge in [0.1, 0.15) is 0 Å². The first kappa shape index (κ1) is 13.2. The van der Waals surface area contributed by atoms with Gasteiger partial charge in [0.2, 0.25) is 0 Å². The summed E-state index contributed by atoms with van der Waals surface area (Å²) in [4.78, 5) is 17.9. The maximum Gasteiger partial charge on any atom is 0.255 e. The lowest BCUT2D eigenvalue weighted by molar-refractivity contribution is 0.0620. The lowest BCUT2D eigenvalue weighted by Crippen LogP contribution is -2.44. The first-order chi connectivity index (χ1) is 7.38. The van der Waals surface area contributed by atoms with E-state index in [9.17, 15) is 4.79 Å². The molecule has 0 spiro atoms. The van der Waals surface area contributed by atoms with Crippen molar-refractivity contribution in [1.82, 2.24) is 9.88 Å². The number of pyridine rings is 1. The average Bonchev–Trinajstić information content (AvgIpc) is 2.27. The van der Waals surface area contributed by atoms with Gasteiger partial charge in [-0.25, -0.2) is 0 Å². The van der Waals surface area contributed by atoms with Crippen LogP contribution < -0.4 is 0 Å². The van der Waals surface area contributed by atoms with Crippen LogP contribution in [0, 0.1) is 0 Å². The summed E-state index contributed by atoms with van der Waals surface area (Å²) >= 11 is 3.31. The van der Waals surface area contributed by atoms with Crippen molar-refractivity contribution in [3.63, 3.8) is 0 Å². The maximum atomic E-state index is 12.2. The Bertz CT molecular complexity index is 390. The van der Waals surface area contributed by atoms with Crippen LogP contribution in [-0.4, -0.2) is 28.4 Å². The summed E-state index contributed by atoms with van der Waals surface area (Å²) in [6.45, 7) is 6.18. The quantitative estimate of drug-likeness (QED) is 0.855. The molecule has 0 aromatic carbocycles. The molecular weight excluding hydrogens is 268 g/mol. The fourth-order valence-corrected chi connectivity index (χ4v) is 1.60. The Hall–Kier alpha value is -0.900. The van der Waals surface area contributed by atoms with Crippen molar-refractivity contribution in [2.75, 3.05) is 7.05 Å². The number of halogens is 1. The molecule has 0 unspecified atom stereocenters. The van der Waals surface area contributed by atoms with Crippen LogP contribution in [0.2, 0.25) is 0 Å². The van der Waals surface area contributed by atoms with E-state index in [1.807, 2.05) is 7.05 Å². The molecule has 0 saturated carbocycles. The number of hydrogen-bond acceptors (Lipinski definition) is 2. The van der Waals surface area contributed by atoms with Crippen LogP contribution in [0.4, 0.5) is 0 Å². The molecule has 3 nitrogen and oxygen atoms in total. The predicted octanol–water partition coefficient (Wildman–Crippen LogP) is 3.10. The van der Waals surface area contributed by atoms with Crippen LogP contribution in [0.1, 0.15) is 37.6 Å². The monoisotopic (exact) mass is 284 g/mol. The topological polar surface area (TPSA) is 33.2 Å². The standard InChI is InChI=1S/C12H17BrN2O/c1-5-12(2,3)15(4)11(16)9-6-10(13)8-14-7-9/h6-8H,5H2,1-4H3. The van der Waals surface area contributed by atoms with Crippen LogP contribution in [0.25, 0.3) is 0 Å². The fourth-order valence-electron chi connectivity index (χ4n) is 1.23. The van der Waals surface area contributed by atoms with E-state index < -0.39 is 0 Å². The number of aromatic nitrogens is 1. The lowest BCUT2D eigenvalue weighted by Gasteiger charge is -2.34. The summed E-state index contributed by atoms with van der Waals surface area (Å²) in [5, 5.41) is 0. The van der Waals surface area contributed by atoms with Crippen molar-refractivity contribution < 1.29 is 4.79 Å². The van der Waals surface area contributed by atoms with E-state index in [1.165, 1.54) is 0 Å². The summed E-state index contributed by atoms with van der Waals surface area (Å²) in [5.74, 6) is 0.000602. The van der Waals surface area contributed by atoms with Gasteiger partial charge in [0.15, 0.2) is 0 Å². The molecule has 1 aromatic heterocycles. The molecule has 0 aliphatic carbocycles. The highest BCUT2D eigenvalue weighted by Crippen LogP contribution is 2.20. The maximum absolute atomic E-state index is 12.2. The lowest BCUT2D eigenvalue weighted by atomic mass is 9.99. The van der Waals surface area contributed by atoms with E-state index in [2.05, 4.69) is 41.7 Å². The zero-order valence-electron chi connectivity index (χ0n) is 10.1. The fraction of sp³-hybridized carbons (Fsp3) is 0.500. The van der Waals surface area contributed by atoms with Gasteiger partial charge in [-0.1, -0.05) is 6.92 Å². The molecule has 1 amide bonds. The predicted molar refractivity (Wildman–Crippen MR) is 68.4 cm³/mol. The molecule has 1 aromatic rings. The van der Waals surface area contributed by atoms with Gasteiger partial charge in [0, 0.05) is 29.5 Å². The number of carbonyl (C=O) groups excluding carboxylic acids is 1. The van der Waals surface area contributed by atoms with Gasteiger partial charge in [-0.15, -0.1) is 0 Å². The van der Waals surface area contributed by atoms with Crippen LogP contribution in [-0.2, 0) is 0 Å². The molecule has 0 atom stereocenters. The van der Waals surface area contributed by atoms with E-state index in [0.29, 0.717) is 5.56 Å². The molecular formula is C12H17BrN2O. The molecule has 0 aliphatic rings. The Labute approximate surface area is 105 Å². The third-order valence-corrected chi connectivity index (χ3v) is 3.46. The van der Waals surface area contributed by atoms with Gasteiger partial charge >= 0.3 is 0 Å². The normalized spacial score (nSPS) is 11.3. The number of hydrogen-bond donors (Lipinski definition) is 0. The smallest absolute Gasteiger partial charge is 0.255 e. The Balaban J connectivity index is 2.95. The molecule has 0 radical (unpaired) electrons. The minimum absolute atomic E-state index is 0.000602. The molecule has 1 heterocycles. The largest absolute Gasteiger partial charge is 0.337 e. The zero-order chi connectivity index (χ0) is 12.3. The van der Waals surface area contributed by atoms with Gasteiger partial charge in [-0.2, -0.15) is 0 Å². The highest BCUT2D eigenvalue weighted by atomic mass is 79.9. The van der Waals surface area contributed by atoms with Crippen LogP contribution >= 0.6 is 15.9 Å². The van der Waals surface area contributed by atoms with Crippen LogP contribution in [0.15, 0.2) is 22.9 Å². The Morgan fingerprint density at radius 1 is 1.50 bits per heavy atom. The molecule has 0 aliphatic heterocycles. The second kappa shape index (κ2) is 4.95. The van der Waals surface area contributed by atoms with Gasteiger partial charge in [-0.3, -0.25) is 9.78 Å². The van der Waals surface area contributed by atoms with E-state index in [1.54, 1.807) is 23.4 Å². The summed E-state index contributed by atoms with van der Waals surface area (Å²) in [6.07, 6.45) is 4.17. The van der Waals surface area contributed by atoms with E-state index in [-0.39, 0.29) is 11.4 Å². The van der Waals surface area contributed by atoms with E-state index >= 15 is 0 Å². The number of rotatable bonds is 3. The number of nitrogens with zero attached hydrogens (tertiary/aromatic N) is 2. The summed E-state index contributed by atoms with van der Waals surface area (Å²) in [7, 11) is 1.83. The Kier molecular flexibility index (Phi) is 4.08. The Morgan fingerprint density at radius 3 is 2.62 bits per heavy atom. The first-order valence-corrected chi connectivity index (χ1v) is 6.06. The summed E-state index contributed by atoms with van der Waals surface area (Å²) in [6, 6.07) is 1.79. The third-order valence-electron chi connectivity index (χ3n) is 3.03. The van der Waals surface area contributed by atoms with Gasteiger partial charge in [0.05, 0.1) is 5.56 Å². The highest BCUT2D eigenvalue weighted by molar-refractivity contribution is 9.10. The first-order valence-electron chi connectivity index (χ1n) is 5.27. The highest BCUT2D eigenvalue weighted by Gasteiger charge is 2.26. The van der Waals surface area contributed by atoms with Crippen LogP contribution in [0.5, 0.6) is 0 Å². The molecule has 88 valence electrons. The zero-order valence-corrected chi connectivity index (χ0v) is 11.7. The second-order valence-corrected chi connectivity index (χ2v) is 5.34. The Morgan fingerprint density at radius 2 is 2.12 bits per heavy atom. The minimum Gasteiger partial charge on any atom is -0.337 e. The number of amides is 1. The molecule has 0 bridgehead atoms. The summed E-state index contributed by atoms with van der Waals surface area (Å²) < 4.78 is 0.820. The summed E-state index contributed by atoms with van der Waals surface area (Å²) in [5.41, 5.74) is 0.470. The third kappa shape index (κ3) is 2.82. The van der Waals surface area contributed by atoms with Crippen molar-refractivity contribution >= 4 is 21.8 Å². The van der Waals surface area contributed by atoms with Gasteiger partial charge in [-0.05, 0) is 42.3 Å². The van der Waals surface area contributed by atoms with Crippen molar-refractivity contribution in [1.29, 1.82) is 0 Å². The van der Waals surface area contributed by atoms with Crippen molar-refractivity contribution in [2.24, 2.45) is 0 Å². The second-order valence-electron chi connectivity index (χ2n) is 4.42. The minimum atomic E-state index is -0.139. The average molecular weight is 285 g/mol. The molecule has 0 saturated heterocycles. The number of carbonyl (C=O) groups is 1. The van der Waals surface area contributed by atoms with Crippen LogP contribution in [0.3, 0.4) is 0 Å². The molecule has 4 heteroatoms. The molecule has 16 heavy (non-hydrogen) atoms. The van der Waals surface area contributed by atoms with E-state index in [4.69, 9.17) is 0 Å². The van der Waals surface area contributed by atoms with Crippen molar-refractivity contribution in [3.05, 3.63) is 28.5 Å². The molecule has 1 rings (SSSR count). The molecule has 0 fully saturated rings. The van der Waals surface area contributed by atoms with Crippen molar-refractivity contribution in [3.8, 4) is 0 Å². The van der Waals surface area contributed by atoms with Gasteiger partial charge in [0.25, 0.3) is 5.91 Å². The van der Waals surface area contributed by atoms with Gasteiger partial charge < -0.3 is 4.90 Å².